The van der Waals surface area contributed by atoms with Crippen molar-refractivity contribution in [1.29, 1.82) is 5.26 Å². The molecule has 20 heavy (non-hydrogen) atoms. The first-order chi connectivity index (χ1) is 9.54. The van der Waals surface area contributed by atoms with Gasteiger partial charge in [0, 0.05) is 7.05 Å². The van der Waals surface area contributed by atoms with Crippen molar-refractivity contribution in [3.63, 3.8) is 0 Å². The lowest BCUT2D eigenvalue weighted by Crippen LogP contribution is -2.27. The van der Waals surface area contributed by atoms with Crippen LogP contribution in [0.4, 0.5) is 11.4 Å². The van der Waals surface area contributed by atoms with Gasteiger partial charge in [-0.1, -0.05) is 23.7 Å². The minimum absolute atomic E-state index is 0.0745. The number of carbonyl (C=O) groups excluding carboxylic acids is 1. The van der Waals surface area contributed by atoms with E-state index in [-0.39, 0.29) is 16.6 Å². The van der Waals surface area contributed by atoms with E-state index in [4.69, 9.17) is 22.6 Å². The first-order valence-corrected chi connectivity index (χ1v) is 6.10. The summed E-state index contributed by atoms with van der Waals surface area (Å²) in [6, 6.07) is 10.3. The largest absolute Gasteiger partial charge is 0.397 e. The molecule has 0 spiro atoms. The van der Waals surface area contributed by atoms with Crippen molar-refractivity contribution in [2.45, 2.75) is 0 Å². The van der Waals surface area contributed by atoms with E-state index < -0.39 is 0 Å². The lowest BCUT2D eigenvalue weighted by atomic mass is 10.1. The summed E-state index contributed by atoms with van der Waals surface area (Å²) < 4.78 is 0. The van der Waals surface area contributed by atoms with Crippen molar-refractivity contribution in [2.24, 2.45) is 0 Å². The van der Waals surface area contributed by atoms with Crippen LogP contribution in [0.3, 0.4) is 0 Å². The number of aromatic nitrogens is 1. The van der Waals surface area contributed by atoms with E-state index in [0.717, 1.165) is 0 Å². The average Bonchev–Trinajstić information content (AvgIpc) is 2.48. The number of pyridine rings is 1. The zero-order chi connectivity index (χ0) is 14.7. The molecule has 0 saturated heterocycles. The maximum Gasteiger partial charge on any atom is 0.261 e. The molecule has 0 radical (unpaired) electrons. The number of para-hydroxylation sites is 1. The summed E-state index contributed by atoms with van der Waals surface area (Å²) in [4.78, 5) is 17.6. The van der Waals surface area contributed by atoms with Crippen molar-refractivity contribution >= 4 is 28.9 Å². The first-order valence-electron chi connectivity index (χ1n) is 5.72. The summed E-state index contributed by atoms with van der Waals surface area (Å²) in [7, 11) is 1.57. The quantitative estimate of drug-likeness (QED) is 0.860. The van der Waals surface area contributed by atoms with Crippen LogP contribution in [0.1, 0.15) is 15.9 Å². The molecule has 1 heterocycles. The normalized spacial score (nSPS) is 9.85. The fourth-order valence-electron chi connectivity index (χ4n) is 1.76. The minimum atomic E-state index is -0.377. The monoisotopic (exact) mass is 286 g/mol. The van der Waals surface area contributed by atoms with E-state index in [1.807, 2.05) is 6.07 Å². The van der Waals surface area contributed by atoms with Crippen LogP contribution >= 0.6 is 11.6 Å². The molecule has 5 nitrogen and oxygen atoms in total. The van der Waals surface area contributed by atoms with E-state index in [0.29, 0.717) is 16.9 Å². The van der Waals surface area contributed by atoms with Crippen molar-refractivity contribution < 1.29 is 4.79 Å². The van der Waals surface area contributed by atoms with E-state index in [1.54, 1.807) is 31.3 Å². The van der Waals surface area contributed by atoms with Gasteiger partial charge in [0.05, 0.1) is 28.7 Å². The van der Waals surface area contributed by atoms with Gasteiger partial charge in [0.15, 0.2) is 0 Å². The smallest absolute Gasteiger partial charge is 0.261 e. The number of carbonyl (C=O) groups is 1. The Labute approximate surface area is 121 Å². The van der Waals surface area contributed by atoms with Gasteiger partial charge in [-0.25, -0.2) is 4.98 Å². The van der Waals surface area contributed by atoms with E-state index in [9.17, 15) is 4.79 Å². The second-order valence-electron chi connectivity index (χ2n) is 4.10. The molecule has 0 saturated carbocycles. The topological polar surface area (TPSA) is 83.0 Å². The van der Waals surface area contributed by atoms with Gasteiger partial charge in [-0.2, -0.15) is 5.26 Å². The van der Waals surface area contributed by atoms with Gasteiger partial charge >= 0.3 is 0 Å². The predicted octanol–water partition coefficient (Wildman–Crippen LogP) is 2.47. The lowest BCUT2D eigenvalue weighted by Gasteiger charge is -2.19. The molecule has 2 aromatic rings. The van der Waals surface area contributed by atoms with Gasteiger partial charge in [-0.15, -0.1) is 0 Å². The standard InChI is InChI=1S/C14H11ClN4O/c1-19(12-5-3-2-4-9(12)7-16)14(20)11-6-10(17)8-18-13(11)15/h2-6,8H,17H2,1H3. The molecular weight excluding hydrogens is 276 g/mol. The fourth-order valence-corrected chi connectivity index (χ4v) is 1.95. The number of anilines is 2. The lowest BCUT2D eigenvalue weighted by molar-refractivity contribution is 0.0993. The molecule has 0 fully saturated rings. The number of amides is 1. The third-order valence-corrected chi connectivity index (χ3v) is 3.08. The van der Waals surface area contributed by atoms with Crippen LogP contribution in [0.15, 0.2) is 36.5 Å². The summed E-state index contributed by atoms with van der Waals surface area (Å²) in [6.45, 7) is 0. The summed E-state index contributed by atoms with van der Waals surface area (Å²) in [5.41, 5.74) is 7.06. The second kappa shape index (κ2) is 5.59. The number of hydrogen-bond acceptors (Lipinski definition) is 4. The summed E-state index contributed by atoms with van der Waals surface area (Å²) in [5.74, 6) is -0.377. The molecule has 0 atom stereocenters. The molecule has 0 aliphatic heterocycles. The van der Waals surface area contributed by atoms with E-state index in [1.165, 1.54) is 17.2 Å². The Morgan fingerprint density at radius 1 is 1.45 bits per heavy atom. The summed E-state index contributed by atoms with van der Waals surface area (Å²) in [5, 5.41) is 9.15. The maximum absolute atomic E-state index is 12.4. The highest BCUT2D eigenvalue weighted by Gasteiger charge is 2.19. The highest BCUT2D eigenvalue weighted by Crippen LogP contribution is 2.23. The number of nitrogens with zero attached hydrogens (tertiary/aromatic N) is 3. The zero-order valence-electron chi connectivity index (χ0n) is 10.7. The molecule has 0 aliphatic carbocycles. The van der Waals surface area contributed by atoms with Crippen LogP contribution in [0, 0.1) is 11.3 Å². The van der Waals surface area contributed by atoms with Crippen molar-refractivity contribution in [3.05, 3.63) is 52.8 Å². The number of nitrogen functional groups attached to an aromatic ring is 1. The van der Waals surface area contributed by atoms with Gasteiger partial charge in [0.2, 0.25) is 0 Å². The molecule has 0 bridgehead atoms. The van der Waals surface area contributed by atoms with Gasteiger partial charge in [-0.05, 0) is 18.2 Å². The van der Waals surface area contributed by atoms with E-state index >= 15 is 0 Å². The molecule has 1 amide bonds. The molecule has 6 heteroatoms. The molecule has 2 N–H and O–H groups in total. The predicted molar refractivity (Wildman–Crippen MR) is 77.5 cm³/mol. The molecule has 0 unspecified atom stereocenters. The third kappa shape index (κ3) is 2.56. The van der Waals surface area contributed by atoms with Gasteiger partial charge in [0.25, 0.3) is 5.91 Å². The molecule has 1 aromatic carbocycles. The van der Waals surface area contributed by atoms with Crippen LogP contribution in [0.2, 0.25) is 5.15 Å². The SMILES string of the molecule is CN(C(=O)c1cc(N)cnc1Cl)c1ccccc1C#N. The highest BCUT2D eigenvalue weighted by atomic mass is 35.5. The van der Waals surface area contributed by atoms with Crippen molar-refractivity contribution in [2.75, 3.05) is 17.7 Å². The molecule has 100 valence electrons. The Morgan fingerprint density at radius 2 is 2.15 bits per heavy atom. The van der Waals surface area contributed by atoms with Crippen LogP contribution in [-0.4, -0.2) is 17.9 Å². The number of rotatable bonds is 2. The Kier molecular flexibility index (Phi) is 3.87. The van der Waals surface area contributed by atoms with Gasteiger partial charge in [0.1, 0.15) is 11.2 Å². The first kappa shape index (κ1) is 13.8. The van der Waals surface area contributed by atoms with Gasteiger partial charge < -0.3 is 10.6 Å². The number of nitrogens with two attached hydrogens (primary N) is 1. The zero-order valence-corrected chi connectivity index (χ0v) is 11.4. The molecular formula is C14H11ClN4O. The van der Waals surface area contributed by atoms with Crippen LogP contribution in [0.5, 0.6) is 0 Å². The molecule has 1 aromatic heterocycles. The Hall–Kier alpha value is -2.58. The molecule has 2 rings (SSSR count). The number of nitriles is 1. The van der Waals surface area contributed by atoms with Crippen LogP contribution in [0.25, 0.3) is 0 Å². The number of hydrogen-bond donors (Lipinski definition) is 1. The Bertz CT molecular complexity index is 709. The molecule has 0 aliphatic rings. The van der Waals surface area contributed by atoms with Crippen molar-refractivity contribution in [3.8, 4) is 6.07 Å². The van der Waals surface area contributed by atoms with Gasteiger partial charge in [-0.3, -0.25) is 4.79 Å². The third-order valence-electron chi connectivity index (χ3n) is 2.78. The summed E-state index contributed by atoms with van der Waals surface area (Å²) >= 11 is 5.92. The number of halogens is 1. The van der Waals surface area contributed by atoms with E-state index in [2.05, 4.69) is 4.98 Å². The Balaban J connectivity index is 2.43. The van der Waals surface area contributed by atoms with Crippen LogP contribution < -0.4 is 10.6 Å². The second-order valence-corrected chi connectivity index (χ2v) is 4.46. The fraction of sp³-hybridized carbons (Fsp3) is 0.0714. The number of benzene rings is 1. The van der Waals surface area contributed by atoms with Crippen LogP contribution in [-0.2, 0) is 0 Å². The van der Waals surface area contributed by atoms with Crippen molar-refractivity contribution in [1.82, 2.24) is 4.98 Å². The average molecular weight is 287 g/mol. The Morgan fingerprint density at radius 3 is 2.85 bits per heavy atom. The summed E-state index contributed by atoms with van der Waals surface area (Å²) in [6.07, 6.45) is 1.38. The highest BCUT2D eigenvalue weighted by molar-refractivity contribution is 6.33. The minimum Gasteiger partial charge on any atom is -0.397 e. The maximum atomic E-state index is 12.4.